The molecule has 3 heteroatoms. The molecule has 3 N–H and O–H groups in total. The van der Waals surface area contributed by atoms with Gasteiger partial charge in [-0.15, -0.1) is 11.8 Å². The fourth-order valence-electron chi connectivity index (χ4n) is 1.80. The van der Waals surface area contributed by atoms with Crippen molar-refractivity contribution in [2.24, 2.45) is 5.73 Å². The lowest BCUT2D eigenvalue weighted by Crippen LogP contribution is -2.26. The molecule has 1 aliphatic carbocycles. The van der Waals surface area contributed by atoms with Gasteiger partial charge >= 0.3 is 0 Å². The second-order valence-corrected chi connectivity index (χ2v) is 5.06. The number of hydrogen-bond donors (Lipinski definition) is 2. The van der Waals surface area contributed by atoms with E-state index in [9.17, 15) is 0 Å². The van der Waals surface area contributed by atoms with Crippen LogP contribution in [0.25, 0.3) is 0 Å². The molecule has 1 aromatic rings. The largest absolute Gasteiger partial charge is 0.508 e. The van der Waals surface area contributed by atoms with Crippen LogP contribution < -0.4 is 5.73 Å². The predicted molar refractivity (Wildman–Crippen MR) is 59.6 cm³/mol. The molecule has 14 heavy (non-hydrogen) atoms. The van der Waals surface area contributed by atoms with Crippen LogP contribution in [-0.4, -0.2) is 16.4 Å². The van der Waals surface area contributed by atoms with E-state index >= 15 is 0 Å². The lowest BCUT2D eigenvalue weighted by molar-refractivity contribution is 0.475. The number of aromatic hydroxyl groups is 1. The van der Waals surface area contributed by atoms with Crippen molar-refractivity contribution in [2.75, 3.05) is 0 Å². The van der Waals surface area contributed by atoms with E-state index in [4.69, 9.17) is 10.8 Å². The summed E-state index contributed by atoms with van der Waals surface area (Å²) >= 11 is 1.83. The van der Waals surface area contributed by atoms with Crippen molar-refractivity contribution in [3.8, 4) is 5.75 Å². The van der Waals surface area contributed by atoms with Crippen molar-refractivity contribution in [3.63, 3.8) is 0 Å². The molecule has 0 aromatic heterocycles. The molecule has 1 fully saturated rings. The maximum Gasteiger partial charge on any atom is 0.115 e. The van der Waals surface area contributed by atoms with Crippen LogP contribution in [-0.2, 0) is 0 Å². The highest BCUT2D eigenvalue weighted by molar-refractivity contribution is 8.00. The van der Waals surface area contributed by atoms with Gasteiger partial charge in [0.25, 0.3) is 0 Å². The number of phenols is 1. The van der Waals surface area contributed by atoms with E-state index in [1.54, 1.807) is 12.1 Å². The highest BCUT2D eigenvalue weighted by Gasteiger charge is 2.24. The molecular formula is C11H15NOS. The number of phenolic OH excluding ortho intramolecular Hbond substituents is 1. The van der Waals surface area contributed by atoms with Gasteiger partial charge in [0.2, 0.25) is 0 Å². The molecule has 2 atom stereocenters. The normalized spacial score (nSPS) is 26.6. The third-order valence-corrected chi connectivity index (χ3v) is 4.06. The van der Waals surface area contributed by atoms with E-state index in [1.165, 1.54) is 17.7 Å². The maximum atomic E-state index is 9.14. The van der Waals surface area contributed by atoms with E-state index in [0.717, 1.165) is 6.42 Å². The molecule has 0 saturated heterocycles. The van der Waals surface area contributed by atoms with Crippen molar-refractivity contribution >= 4 is 11.8 Å². The molecular weight excluding hydrogens is 194 g/mol. The van der Waals surface area contributed by atoms with Gasteiger partial charge in [-0.05, 0) is 37.1 Å². The topological polar surface area (TPSA) is 46.2 Å². The molecule has 0 radical (unpaired) electrons. The molecule has 1 saturated carbocycles. The second kappa shape index (κ2) is 4.24. The summed E-state index contributed by atoms with van der Waals surface area (Å²) in [5, 5.41) is 9.69. The van der Waals surface area contributed by atoms with Crippen LogP contribution in [0.2, 0.25) is 0 Å². The summed E-state index contributed by atoms with van der Waals surface area (Å²) in [6.07, 6.45) is 3.61. The molecule has 1 aliphatic rings. The Labute approximate surface area is 88.5 Å². The molecule has 1 aromatic carbocycles. The SMILES string of the molecule is NC1CCCC1Sc1ccc(O)cc1. The summed E-state index contributed by atoms with van der Waals surface area (Å²) in [4.78, 5) is 1.20. The van der Waals surface area contributed by atoms with E-state index in [-0.39, 0.29) is 0 Å². The molecule has 2 nitrogen and oxygen atoms in total. The Morgan fingerprint density at radius 1 is 1.21 bits per heavy atom. The van der Waals surface area contributed by atoms with E-state index in [2.05, 4.69) is 0 Å². The average Bonchev–Trinajstić information content (AvgIpc) is 2.56. The monoisotopic (exact) mass is 209 g/mol. The van der Waals surface area contributed by atoms with Crippen LogP contribution >= 0.6 is 11.8 Å². The minimum atomic E-state index is 0.324. The number of rotatable bonds is 2. The summed E-state index contributed by atoms with van der Waals surface area (Å²) in [6.45, 7) is 0. The lowest BCUT2D eigenvalue weighted by Gasteiger charge is -2.14. The third-order valence-electron chi connectivity index (χ3n) is 2.63. The summed E-state index contributed by atoms with van der Waals surface area (Å²) in [6, 6.07) is 7.69. The van der Waals surface area contributed by atoms with Crippen molar-refractivity contribution in [2.45, 2.75) is 35.4 Å². The lowest BCUT2D eigenvalue weighted by atomic mass is 10.3. The molecule has 0 amide bonds. The standard InChI is InChI=1S/C11H15NOS/c12-10-2-1-3-11(10)14-9-6-4-8(13)5-7-9/h4-7,10-11,13H,1-3,12H2. The summed E-state index contributed by atoms with van der Waals surface area (Å²) in [7, 11) is 0. The summed E-state index contributed by atoms with van der Waals surface area (Å²) < 4.78 is 0. The summed E-state index contributed by atoms with van der Waals surface area (Å²) in [5.74, 6) is 0.324. The second-order valence-electron chi connectivity index (χ2n) is 3.74. The smallest absolute Gasteiger partial charge is 0.115 e. The first-order valence-corrected chi connectivity index (χ1v) is 5.85. The van der Waals surface area contributed by atoms with Crippen molar-refractivity contribution in [1.29, 1.82) is 0 Å². The van der Waals surface area contributed by atoms with E-state index < -0.39 is 0 Å². The van der Waals surface area contributed by atoms with Crippen molar-refractivity contribution < 1.29 is 5.11 Å². The Morgan fingerprint density at radius 2 is 1.93 bits per heavy atom. The average molecular weight is 209 g/mol. The fourth-order valence-corrected chi connectivity index (χ4v) is 3.04. The van der Waals surface area contributed by atoms with Crippen molar-refractivity contribution in [1.82, 2.24) is 0 Å². The van der Waals surface area contributed by atoms with Crippen LogP contribution in [0, 0.1) is 0 Å². The Kier molecular flexibility index (Phi) is 2.99. The zero-order chi connectivity index (χ0) is 9.97. The van der Waals surface area contributed by atoms with Gasteiger partial charge in [0.1, 0.15) is 5.75 Å². The number of nitrogens with two attached hydrogens (primary N) is 1. The molecule has 2 rings (SSSR count). The van der Waals surface area contributed by atoms with Gasteiger partial charge < -0.3 is 10.8 Å². The third kappa shape index (κ3) is 2.22. The first-order chi connectivity index (χ1) is 6.75. The first kappa shape index (κ1) is 9.87. The molecule has 76 valence electrons. The van der Waals surface area contributed by atoms with Gasteiger partial charge in [-0.3, -0.25) is 0 Å². The predicted octanol–water partition coefficient (Wildman–Crippen LogP) is 2.36. The molecule has 0 aliphatic heterocycles. The Bertz CT molecular complexity index is 299. The minimum absolute atomic E-state index is 0.324. The van der Waals surface area contributed by atoms with Gasteiger partial charge in [-0.2, -0.15) is 0 Å². The number of thioether (sulfide) groups is 1. The molecule has 0 bridgehead atoms. The first-order valence-electron chi connectivity index (χ1n) is 4.97. The van der Waals surface area contributed by atoms with Crippen LogP contribution in [0.4, 0.5) is 0 Å². The van der Waals surface area contributed by atoms with Crippen LogP contribution in [0.15, 0.2) is 29.2 Å². The molecule has 2 unspecified atom stereocenters. The number of benzene rings is 1. The van der Waals surface area contributed by atoms with Crippen LogP contribution in [0.5, 0.6) is 5.75 Å². The quantitative estimate of drug-likeness (QED) is 0.786. The van der Waals surface area contributed by atoms with Gasteiger partial charge in [0.15, 0.2) is 0 Å². The molecule has 0 spiro atoms. The zero-order valence-electron chi connectivity index (χ0n) is 8.02. The summed E-state index contributed by atoms with van der Waals surface area (Å²) in [5.41, 5.74) is 5.99. The fraction of sp³-hybridized carbons (Fsp3) is 0.455. The number of hydrogen-bond acceptors (Lipinski definition) is 3. The minimum Gasteiger partial charge on any atom is -0.508 e. The highest BCUT2D eigenvalue weighted by atomic mass is 32.2. The van der Waals surface area contributed by atoms with Gasteiger partial charge in [0.05, 0.1) is 0 Å². The Morgan fingerprint density at radius 3 is 2.50 bits per heavy atom. The Hall–Kier alpha value is -0.670. The van der Waals surface area contributed by atoms with Crippen LogP contribution in [0.3, 0.4) is 0 Å². The van der Waals surface area contributed by atoms with Crippen LogP contribution in [0.1, 0.15) is 19.3 Å². The highest BCUT2D eigenvalue weighted by Crippen LogP contribution is 2.34. The van der Waals surface area contributed by atoms with Crippen molar-refractivity contribution in [3.05, 3.63) is 24.3 Å². The van der Waals surface area contributed by atoms with E-state index in [0.29, 0.717) is 17.0 Å². The van der Waals surface area contributed by atoms with Gasteiger partial charge in [-0.25, -0.2) is 0 Å². The Balaban J connectivity index is 2.00. The molecule has 0 heterocycles. The van der Waals surface area contributed by atoms with E-state index in [1.807, 2.05) is 23.9 Å². The van der Waals surface area contributed by atoms with Gasteiger partial charge in [0, 0.05) is 16.2 Å². The maximum absolute atomic E-state index is 9.14. The zero-order valence-corrected chi connectivity index (χ0v) is 8.83. The van der Waals surface area contributed by atoms with Gasteiger partial charge in [-0.1, -0.05) is 6.42 Å².